The summed E-state index contributed by atoms with van der Waals surface area (Å²) in [5.74, 6) is 0. The van der Waals surface area contributed by atoms with Gasteiger partial charge in [0.15, 0.2) is 0 Å². The summed E-state index contributed by atoms with van der Waals surface area (Å²) in [4.78, 5) is 4.54. The van der Waals surface area contributed by atoms with E-state index in [0.717, 1.165) is 25.3 Å². The van der Waals surface area contributed by atoms with Gasteiger partial charge in [0, 0.05) is 12.3 Å². The molecular formula is C13H19NO. The minimum Gasteiger partial charge on any atom is -0.380 e. The maximum absolute atomic E-state index is 5.26. The number of ether oxygens (including phenoxy) is 1. The van der Waals surface area contributed by atoms with Gasteiger partial charge in [0.25, 0.3) is 0 Å². The highest BCUT2D eigenvalue weighted by Crippen LogP contribution is 2.04. The van der Waals surface area contributed by atoms with E-state index in [4.69, 9.17) is 4.74 Å². The van der Waals surface area contributed by atoms with Gasteiger partial charge in [-0.25, -0.2) is 0 Å². The van der Waals surface area contributed by atoms with E-state index in [2.05, 4.69) is 24.0 Å². The van der Waals surface area contributed by atoms with Gasteiger partial charge in [-0.3, -0.25) is 4.99 Å². The third kappa shape index (κ3) is 4.26. The summed E-state index contributed by atoms with van der Waals surface area (Å²) >= 11 is 0. The molecule has 0 aliphatic rings. The Morgan fingerprint density at radius 1 is 1.20 bits per heavy atom. The van der Waals surface area contributed by atoms with Crippen molar-refractivity contribution in [3.05, 3.63) is 35.9 Å². The van der Waals surface area contributed by atoms with Crippen LogP contribution in [-0.4, -0.2) is 25.5 Å². The van der Waals surface area contributed by atoms with Crippen LogP contribution in [0.5, 0.6) is 0 Å². The Bertz CT molecular complexity index is 293. The number of nitrogens with zero attached hydrogens (tertiary/aromatic N) is 1. The molecule has 0 spiro atoms. The normalized spacial score (nSPS) is 11.7. The molecule has 0 unspecified atom stereocenters. The standard InChI is InChI=1S/C13H19NO/c1-3-13(14-10-11-15-4-2)12-8-6-5-7-9-12/h5-9H,3-4,10-11H2,1-2H3. The first-order valence-corrected chi connectivity index (χ1v) is 5.55. The molecule has 0 atom stereocenters. The Morgan fingerprint density at radius 3 is 2.53 bits per heavy atom. The molecule has 0 radical (unpaired) electrons. The molecule has 1 aromatic rings. The Morgan fingerprint density at radius 2 is 1.93 bits per heavy atom. The largest absolute Gasteiger partial charge is 0.380 e. The Balaban J connectivity index is 2.55. The maximum Gasteiger partial charge on any atom is 0.0661 e. The van der Waals surface area contributed by atoms with E-state index in [1.807, 2.05) is 25.1 Å². The van der Waals surface area contributed by atoms with Crippen molar-refractivity contribution in [1.29, 1.82) is 0 Å². The van der Waals surface area contributed by atoms with E-state index in [9.17, 15) is 0 Å². The molecule has 0 aliphatic heterocycles. The van der Waals surface area contributed by atoms with Crippen LogP contribution in [0.2, 0.25) is 0 Å². The fourth-order valence-electron chi connectivity index (χ4n) is 1.43. The average Bonchev–Trinajstić information content (AvgIpc) is 2.30. The second kappa shape index (κ2) is 7.18. The molecule has 2 nitrogen and oxygen atoms in total. The smallest absolute Gasteiger partial charge is 0.0661 e. The molecule has 1 aromatic carbocycles. The van der Waals surface area contributed by atoms with Gasteiger partial charge < -0.3 is 4.74 Å². The van der Waals surface area contributed by atoms with Gasteiger partial charge in [0.05, 0.1) is 13.2 Å². The SMILES string of the molecule is CCOCCN=C(CC)c1ccccc1. The molecule has 0 heterocycles. The molecule has 0 aromatic heterocycles. The zero-order valence-electron chi connectivity index (χ0n) is 9.57. The lowest BCUT2D eigenvalue weighted by Gasteiger charge is -2.04. The van der Waals surface area contributed by atoms with Crippen LogP contribution in [-0.2, 0) is 4.74 Å². The predicted molar refractivity (Wildman–Crippen MR) is 64.6 cm³/mol. The molecule has 0 N–H and O–H groups in total. The van der Waals surface area contributed by atoms with Crippen molar-refractivity contribution in [2.75, 3.05) is 19.8 Å². The van der Waals surface area contributed by atoms with Crippen molar-refractivity contribution in [2.45, 2.75) is 20.3 Å². The van der Waals surface area contributed by atoms with E-state index < -0.39 is 0 Å². The van der Waals surface area contributed by atoms with Gasteiger partial charge in [0.1, 0.15) is 0 Å². The lowest BCUT2D eigenvalue weighted by atomic mass is 10.1. The molecule has 1 rings (SSSR count). The Hall–Kier alpha value is -1.15. The monoisotopic (exact) mass is 205 g/mol. The number of hydrogen-bond acceptors (Lipinski definition) is 2. The van der Waals surface area contributed by atoms with E-state index in [0.29, 0.717) is 6.61 Å². The second-order valence-corrected chi connectivity index (χ2v) is 3.24. The molecule has 0 bridgehead atoms. The van der Waals surface area contributed by atoms with Crippen LogP contribution >= 0.6 is 0 Å². The molecule has 2 heteroatoms. The maximum atomic E-state index is 5.26. The molecule has 0 saturated carbocycles. The average molecular weight is 205 g/mol. The van der Waals surface area contributed by atoms with Crippen molar-refractivity contribution in [3.63, 3.8) is 0 Å². The summed E-state index contributed by atoms with van der Waals surface area (Å²) in [6, 6.07) is 10.3. The highest BCUT2D eigenvalue weighted by Gasteiger charge is 1.98. The molecule has 0 fully saturated rings. The second-order valence-electron chi connectivity index (χ2n) is 3.24. The van der Waals surface area contributed by atoms with Crippen LogP contribution in [0.1, 0.15) is 25.8 Å². The number of rotatable bonds is 6. The third-order valence-corrected chi connectivity index (χ3v) is 2.18. The van der Waals surface area contributed by atoms with Crippen molar-refractivity contribution < 1.29 is 4.74 Å². The molecule has 82 valence electrons. The minimum absolute atomic E-state index is 0.715. The lowest BCUT2D eigenvalue weighted by Crippen LogP contribution is -2.04. The van der Waals surface area contributed by atoms with E-state index in [1.54, 1.807) is 0 Å². The first-order chi connectivity index (χ1) is 7.38. The summed E-state index contributed by atoms with van der Waals surface area (Å²) in [7, 11) is 0. The van der Waals surface area contributed by atoms with Crippen LogP contribution in [0, 0.1) is 0 Å². The highest BCUT2D eigenvalue weighted by molar-refractivity contribution is 6.00. The summed E-state index contributed by atoms with van der Waals surface area (Å²) in [6.07, 6.45) is 0.968. The first-order valence-electron chi connectivity index (χ1n) is 5.55. The minimum atomic E-state index is 0.715. The number of benzene rings is 1. The first kappa shape index (κ1) is 11.9. The predicted octanol–water partition coefficient (Wildman–Crippen LogP) is 2.92. The summed E-state index contributed by atoms with van der Waals surface area (Å²) in [5.41, 5.74) is 2.38. The summed E-state index contributed by atoms with van der Waals surface area (Å²) in [6.45, 7) is 6.37. The molecule has 0 aliphatic carbocycles. The topological polar surface area (TPSA) is 21.6 Å². The molecular weight excluding hydrogens is 186 g/mol. The highest BCUT2D eigenvalue weighted by atomic mass is 16.5. The fourth-order valence-corrected chi connectivity index (χ4v) is 1.43. The van der Waals surface area contributed by atoms with Crippen LogP contribution in [0.3, 0.4) is 0 Å². The zero-order valence-corrected chi connectivity index (χ0v) is 9.57. The van der Waals surface area contributed by atoms with Gasteiger partial charge in [-0.05, 0) is 18.9 Å². The van der Waals surface area contributed by atoms with Gasteiger partial charge in [0.2, 0.25) is 0 Å². The van der Waals surface area contributed by atoms with E-state index in [1.165, 1.54) is 5.56 Å². The number of hydrogen-bond donors (Lipinski definition) is 0. The summed E-state index contributed by atoms with van der Waals surface area (Å²) in [5, 5.41) is 0. The van der Waals surface area contributed by atoms with Crippen LogP contribution < -0.4 is 0 Å². The van der Waals surface area contributed by atoms with Crippen molar-refractivity contribution in [1.82, 2.24) is 0 Å². The van der Waals surface area contributed by atoms with Gasteiger partial charge in [-0.15, -0.1) is 0 Å². The number of aliphatic imine (C=N–C) groups is 1. The van der Waals surface area contributed by atoms with Crippen molar-refractivity contribution >= 4 is 5.71 Å². The summed E-state index contributed by atoms with van der Waals surface area (Å²) < 4.78 is 5.26. The Labute approximate surface area is 92.0 Å². The lowest BCUT2D eigenvalue weighted by molar-refractivity contribution is 0.156. The van der Waals surface area contributed by atoms with Crippen LogP contribution in [0.15, 0.2) is 35.3 Å². The third-order valence-electron chi connectivity index (χ3n) is 2.18. The zero-order chi connectivity index (χ0) is 10.9. The van der Waals surface area contributed by atoms with Gasteiger partial charge in [-0.2, -0.15) is 0 Å². The molecule has 0 amide bonds. The van der Waals surface area contributed by atoms with E-state index >= 15 is 0 Å². The van der Waals surface area contributed by atoms with Gasteiger partial charge >= 0.3 is 0 Å². The van der Waals surface area contributed by atoms with Crippen LogP contribution in [0.4, 0.5) is 0 Å². The van der Waals surface area contributed by atoms with Crippen molar-refractivity contribution in [3.8, 4) is 0 Å². The Kier molecular flexibility index (Phi) is 5.71. The van der Waals surface area contributed by atoms with Gasteiger partial charge in [-0.1, -0.05) is 37.3 Å². The van der Waals surface area contributed by atoms with E-state index in [-0.39, 0.29) is 0 Å². The molecule has 15 heavy (non-hydrogen) atoms. The van der Waals surface area contributed by atoms with Crippen molar-refractivity contribution in [2.24, 2.45) is 4.99 Å². The quantitative estimate of drug-likeness (QED) is 0.517. The van der Waals surface area contributed by atoms with Crippen LogP contribution in [0.25, 0.3) is 0 Å². The molecule has 0 saturated heterocycles. The fraction of sp³-hybridized carbons (Fsp3) is 0.462.